The molecule has 0 fully saturated rings. The summed E-state index contributed by atoms with van der Waals surface area (Å²) < 4.78 is 0. The molecular weight excluding hydrogens is 250 g/mol. The Morgan fingerprint density at radius 2 is 2.05 bits per heavy atom. The fourth-order valence-electron chi connectivity index (χ4n) is 1.85. The minimum atomic E-state index is 0.0728. The van der Waals surface area contributed by atoms with E-state index in [1.165, 1.54) is 0 Å². The lowest BCUT2D eigenvalue weighted by molar-refractivity contribution is -0.124. The van der Waals surface area contributed by atoms with E-state index >= 15 is 0 Å². The molecule has 0 bridgehead atoms. The molecule has 20 heavy (non-hydrogen) atoms. The third kappa shape index (κ3) is 5.90. The lowest BCUT2D eigenvalue weighted by atomic mass is 10.1. The van der Waals surface area contributed by atoms with Gasteiger partial charge in [0.1, 0.15) is 0 Å². The Hall–Kier alpha value is -1.79. The zero-order chi connectivity index (χ0) is 14.8. The molecular formula is C17H23NO2. The van der Waals surface area contributed by atoms with Crippen molar-refractivity contribution in [1.82, 2.24) is 5.32 Å². The molecule has 1 aromatic carbocycles. The highest BCUT2D eigenvalue weighted by atomic mass is 16.2. The van der Waals surface area contributed by atoms with Crippen molar-refractivity contribution in [2.75, 3.05) is 6.61 Å². The SMILES string of the molecule is CCCC(C)C(=O)NCc1ccc(C#CCCO)cc1. The van der Waals surface area contributed by atoms with Gasteiger partial charge in [0.15, 0.2) is 0 Å². The van der Waals surface area contributed by atoms with E-state index in [1.807, 2.05) is 31.2 Å². The molecule has 0 saturated heterocycles. The highest BCUT2D eigenvalue weighted by molar-refractivity contribution is 5.78. The average Bonchev–Trinajstić information content (AvgIpc) is 2.46. The maximum Gasteiger partial charge on any atom is 0.223 e. The fraction of sp³-hybridized carbons (Fsp3) is 0.471. The zero-order valence-corrected chi connectivity index (χ0v) is 12.3. The molecule has 1 amide bonds. The predicted octanol–water partition coefficient (Wildman–Crippen LogP) is 2.47. The Balaban J connectivity index is 2.46. The summed E-state index contributed by atoms with van der Waals surface area (Å²) in [5.74, 6) is 6.04. The van der Waals surface area contributed by atoms with Crippen LogP contribution in [0.2, 0.25) is 0 Å². The summed E-state index contributed by atoms with van der Waals surface area (Å²) >= 11 is 0. The molecule has 0 heterocycles. The van der Waals surface area contributed by atoms with E-state index in [0.717, 1.165) is 24.0 Å². The molecule has 1 unspecified atom stereocenters. The van der Waals surface area contributed by atoms with Crippen molar-refractivity contribution < 1.29 is 9.90 Å². The number of amides is 1. The maximum absolute atomic E-state index is 11.8. The van der Waals surface area contributed by atoms with Crippen LogP contribution in [0.4, 0.5) is 0 Å². The van der Waals surface area contributed by atoms with Crippen molar-refractivity contribution in [1.29, 1.82) is 0 Å². The zero-order valence-electron chi connectivity index (χ0n) is 12.3. The van der Waals surface area contributed by atoms with E-state index in [0.29, 0.717) is 13.0 Å². The van der Waals surface area contributed by atoms with Crippen LogP contribution < -0.4 is 5.32 Å². The van der Waals surface area contributed by atoms with Crippen LogP contribution in [0.15, 0.2) is 24.3 Å². The second-order valence-corrected chi connectivity index (χ2v) is 4.88. The van der Waals surface area contributed by atoms with Gasteiger partial charge >= 0.3 is 0 Å². The van der Waals surface area contributed by atoms with Gasteiger partial charge in [-0.25, -0.2) is 0 Å². The smallest absolute Gasteiger partial charge is 0.223 e. The maximum atomic E-state index is 11.8. The van der Waals surface area contributed by atoms with Gasteiger partial charge in [0, 0.05) is 24.4 Å². The summed E-state index contributed by atoms with van der Waals surface area (Å²) in [6, 6.07) is 7.80. The van der Waals surface area contributed by atoms with Gasteiger partial charge in [0.2, 0.25) is 5.91 Å². The number of aliphatic hydroxyl groups excluding tert-OH is 1. The van der Waals surface area contributed by atoms with Crippen LogP contribution in [0.25, 0.3) is 0 Å². The Labute approximate surface area is 121 Å². The molecule has 0 aliphatic rings. The number of nitrogens with one attached hydrogen (secondary N) is 1. The first-order valence-corrected chi connectivity index (χ1v) is 7.13. The lowest BCUT2D eigenvalue weighted by Crippen LogP contribution is -2.28. The second kappa shape index (κ2) is 9.17. The number of carbonyl (C=O) groups excluding carboxylic acids is 1. The third-order valence-corrected chi connectivity index (χ3v) is 3.06. The number of rotatable bonds is 6. The largest absolute Gasteiger partial charge is 0.395 e. The standard InChI is InChI=1S/C17H23NO2/c1-3-6-14(2)17(20)18-13-16-10-8-15(9-11-16)7-4-5-12-19/h8-11,14,19H,3,5-6,12-13H2,1-2H3,(H,18,20). The van der Waals surface area contributed by atoms with Gasteiger partial charge in [-0.2, -0.15) is 0 Å². The van der Waals surface area contributed by atoms with Crippen molar-refractivity contribution in [3.05, 3.63) is 35.4 Å². The van der Waals surface area contributed by atoms with E-state index in [1.54, 1.807) is 0 Å². The van der Waals surface area contributed by atoms with Crippen molar-refractivity contribution in [3.63, 3.8) is 0 Å². The molecule has 1 rings (SSSR count). The van der Waals surface area contributed by atoms with Crippen LogP contribution in [-0.2, 0) is 11.3 Å². The molecule has 0 aromatic heterocycles. The monoisotopic (exact) mass is 273 g/mol. The van der Waals surface area contributed by atoms with Crippen LogP contribution in [0.5, 0.6) is 0 Å². The van der Waals surface area contributed by atoms with Crippen LogP contribution in [0, 0.1) is 17.8 Å². The van der Waals surface area contributed by atoms with Gasteiger partial charge in [-0.1, -0.05) is 44.2 Å². The summed E-state index contributed by atoms with van der Waals surface area (Å²) in [5.41, 5.74) is 1.99. The Morgan fingerprint density at radius 3 is 2.65 bits per heavy atom. The Bertz CT molecular complexity index is 468. The number of hydrogen-bond donors (Lipinski definition) is 2. The van der Waals surface area contributed by atoms with E-state index in [9.17, 15) is 4.79 Å². The predicted molar refractivity (Wildman–Crippen MR) is 80.9 cm³/mol. The van der Waals surface area contributed by atoms with Crippen LogP contribution in [0.3, 0.4) is 0 Å². The van der Waals surface area contributed by atoms with Gasteiger partial charge < -0.3 is 10.4 Å². The Morgan fingerprint density at radius 1 is 1.35 bits per heavy atom. The molecule has 0 spiro atoms. The normalized spacial score (nSPS) is 11.3. The van der Waals surface area contributed by atoms with Gasteiger partial charge in [-0.15, -0.1) is 0 Å². The van der Waals surface area contributed by atoms with Crippen molar-refractivity contribution in [2.45, 2.75) is 39.7 Å². The summed E-state index contributed by atoms with van der Waals surface area (Å²) in [5, 5.41) is 11.6. The van der Waals surface area contributed by atoms with E-state index in [2.05, 4.69) is 24.1 Å². The quantitative estimate of drug-likeness (QED) is 0.782. The molecule has 3 nitrogen and oxygen atoms in total. The number of carbonyl (C=O) groups is 1. The van der Waals surface area contributed by atoms with Gasteiger partial charge in [-0.3, -0.25) is 4.79 Å². The lowest BCUT2D eigenvalue weighted by Gasteiger charge is -2.11. The first-order chi connectivity index (χ1) is 9.67. The van der Waals surface area contributed by atoms with Crippen LogP contribution >= 0.6 is 0 Å². The van der Waals surface area contributed by atoms with Gasteiger partial charge in [0.25, 0.3) is 0 Å². The molecule has 0 aliphatic heterocycles. The van der Waals surface area contributed by atoms with Crippen LogP contribution in [0.1, 0.15) is 44.2 Å². The topological polar surface area (TPSA) is 49.3 Å². The highest BCUT2D eigenvalue weighted by Crippen LogP contribution is 2.07. The molecule has 108 valence electrons. The molecule has 3 heteroatoms. The number of benzene rings is 1. The molecule has 2 N–H and O–H groups in total. The average molecular weight is 273 g/mol. The third-order valence-electron chi connectivity index (χ3n) is 3.06. The fourth-order valence-corrected chi connectivity index (χ4v) is 1.85. The summed E-state index contributed by atoms with van der Waals surface area (Å²) in [4.78, 5) is 11.8. The number of hydrogen-bond acceptors (Lipinski definition) is 2. The van der Waals surface area contributed by atoms with E-state index < -0.39 is 0 Å². The Kier molecular flexibility index (Phi) is 7.46. The van der Waals surface area contributed by atoms with Crippen molar-refractivity contribution in [2.24, 2.45) is 5.92 Å². The molecule has 0 saturated carbocycles. The highest BCUT2D eigenvalue weighted by Gasteiger charge is 2.10. The summed E-state index contributed by atoms with van der Waals surface area (Å²) in [6.45, 7) is 4.68. The van der Waals surface area contributed by atoms with Crippen molar-refractivity contribution in [3.8, 4) is 11.8 Å². The van der Waals surface area contributed by atoms with Gasteiger partial charge in [0.05, 0.1) is 6.61 Å². The molecule has 1 aromatic rings. The van der Waals surface area contributed by atoms with Gasteiger partial charge in [-0.05, 0) is 24.1 Å². The molecule has 0 radical (unpaired) electrons. The van der Waals surface area contributed by atoms with E-state index in [4.69, 9.17) is 5.11 Å². The summed E-state index contributed by atoms with van der Waals surface area (Å²) in [7, 11) is 0. The second-order valence-electron chi connectivity index (χ2n) is 4.88. The minimum absolute atomic E-state index is 0.0728. The van der Waals surface area contributed by atoms with Crippen molar-refractivity contribution >= 4 is 5.91 Å². The minimum Gasteiger partial charge on any atom is -0.395 e. The number of aliphatic hydroxyl groups is 1. The molecule has 0 aliphatic carbocycles. The first-order valence-electron chi connectivity index (χ1n) is 7.13. The molecule has 1 atom stereocenters. The first kappa shape index (κ1) is 16.3. The van der Waals surface area contributed by atoms with E-state index in [-0.39, 0.29) is 18.4 Å². The summed E-state index contributed by atoms with van der Waals surface area (Å²) in [6.07, 6.45) is 2.44. The van der Waals surface area contributed by atoms with Crippen LogP contribution in [-0.4, -0.2) is 17.6 Å².